The van der Waals surface area contributed by atoms with Gasteiger partial charge in [-0.1, -0.05) is 41.9 Å². The van der Waals surface area contributed by atoms with E-state index in [-0.39, 0.29) is 30.7 Å². The summed E-state index contributed by atoms with van der Waals surface area (Å²) in [5, 5.41) is 1.41. The van der Waals surface area contributed by atoms with Crippen molar-refractivity contribution in [3.8, 4) is 0 Å². The van der Waals surface area contributed by atoms with Crippen molar-refractivity contribution in [1.82, 2.24) is 5.01 Å². The molecular formula is C19H23BrCl4N2O2. The van der Waals surface area contributed by atoms with Gasteiger partial charge in [-0.15, -0.1) is 24.8 Å². The third-order valence-corrected chi connectivity index (χ3v) is 5.30. The number of nitrogens with two attached hydrogens (primary N) is 1. The van der Waals surface area contributed by atoms with Crippen LogP contribution >= 0.6 is 63.9 Å². The molecule has 2 aromatic carbocycles. The number of carbonyl (C=O) groups is 2. The SMILES string of the molecule is Cc1c(C(=O)N(N)C(C)(C)C)ccc(Cl)c1Br.Cl.Cl.O=C(Cl)c1ccccc1. The fourth-order valence-electron chi connectivity index (χ4n) is 1.89. The molecule has 0 saturated heterocycles. The van der Waals surface area contributed by atoms with Crippen molar-refractivity contribution in [2.45, 2.75) is 33.2 Å². The first-order valence-electron chi connectivity index (χ1n) is 7.75. The van der Waals surface area contributed by atoms with Crippen LogP contribution in [0.2, 0.25) is 5.02 Å². The van der Waals surface area contributed by atoms with Gasteiger partial charge in [-0.2, -0.15) is 0 Å². The molecule has 0 aliphatic heterocycles. The van der Waals surface area contributed by atoms with E-state index in [0.29, 0.717) is 16.1 Å². The third-order valence-electron chi connectivity index (χ3n) is 3.51. The molecule has 2 N–H and O–H groups in total. The fraction of sp³-hybridized carbons (Fsp3) is 0.263. The van der Waals surface area contributed by atoms with E-state index in [2.05, 4.69) is 15.9 Å². The number of hydrogen-bond acceptors (Lipinski definition) is 3. The molecule has 0 bridgehead atoms. The fourth-order valence-corrected chi connectivity index (χ4v) is 2.56. The van der Waals surface area contributed by atoms with E-state index in [1.54, 1.807) is 36.4 Å². The van der Waals surface area contributed by atoms with Gasteiger partial charge in [-0.25, -0.2) is 5.84 Å². The molecular weight excluding hydrogens is 510 g/mol. The van der Waals surface area contributed by atoms with Crippen LogP contribution in [-0.2, 0) is 0 Å². The van der Waals surface area contributed by atoms with Crippen LogP contribution in [0.5, 0.6) is 0 Å². The van der Waals surface area contributed by atoms with Gasteiger partial charge >= 0.3 is 0 Å². The van der Waals surface area contributed by atoms with Crippen LogP contribution in [-0.4, -0.2) is 21.7 Å². The van der Waals surface area contributed by atoms with Crippen molar-refractivity contribution >= 4 is 75.1 Å². The van der Waals surface area contributed by atoms with Crippen LogP contribution in [0.4, 0.5) is 0 Å². The molecule has 28 heavy (non-hydrogen) atoms. The molecule has 0 saturated carbocycles. The van der Waals surface area contributed by atoms with Crippen molar-refractivity contribution < 1.29 is 9.59 Å². The lowest BCUT2D eigenvalue weighted by Crippen LogP contribution is -2.50. The highest BCUT2D eigenvalue weighted by Crippen LogP contribution is 2.29. The number of rotatable bonds is 2. The van der Waals surface area contributed by atoms with Gasteiger partial charge in [0.25, 0.3) is 11.1 Å². The number of nitrogens with zero attached hydrogens (tertiary/aromatic N) is 1. The maximum Gasteiger partial charge on any atom is 0.268 e. The summed E-state index contributed by atoms with van der Waals surface area (Å²) in [7, 11) is 0. The Labute approximate surface area is 196 Å². The molecule has 9 heteroatoms. The Morgan fingerprint density at radius 3 is 1.93 bits per heavy atom. The molecule has 0 aromatic heterocycles. The standard InChI is InChI=1S/C12H16BrClN2O.C7H5ClO.2ClH/c1-7-8(5-6-9(14)10(7)13)11(17)16(15)12(2,3)4;8-7(9)6-4-2-1-3-5-6;;/h5-6H,15H2,1-4H3;1-5H;2*1H. The largest absolute Gasteiger partial charge is 0.276 e. The van der Waals surface area contributed by atoms with Crippen molar-refractivity contribution in [2.75, 3.05) is 0 Å². The lowest BCUT2D eigenvalue weighted by Gasteiger charge is -2.31. The van der Waals surface area contributed by atoms with Crippen LogP contribution in [0, 0.1) is 6.92 Å². The summed E-state index contributed by atoms with van der Waals surface area (Å²) in [4.78, 5) is 22.6. The second kappa shape index (κ2) is 12.7. The first-order valence-corrected chi connectivity index (χ1v) is 9.30. The van der Waals surface area contributed by atoms with Crippen LogP contribution in [0.15, 0.2) is 46.9 Å². The first kappa shape index (κ1) is 29.4. The second-order valence-corrected chi connectivity index (χ2v) is 8.06. The van der Waals surface area contributed by atoms with Crippen molar-refractivity contribution in [3.63, 3.8) is 0 Å². The zero-order valence-electron chi connectivity index (χ0n) is 15.8. The molecule has 2 aromatic rings. The molecule has 0 aliphatic carbocycles. The maximum atomic E-state index is 12.2. The topological polar surface area (TPSA) is 63.4 Å². The molecule has 156 valence electrons. The number of amides is 1. The van der Waals surface area contributed by atoms with E-state index in [0.717, 1.165) is 10.0 Å². The van der Waals surface area contributed by atoms with Crippen LogP contribution in [0.1, 0.15) is 47.1 Å². The molecule has 0 atom stereocenters. The lowest BCUT2D eigenvalue weighted by atomic mass is 10.0. The average Bonchev–Trinajstić information content (AvgIpc) is 2.59. The molecule has 0 radical (unpaired) electrons. The minimum absolute atomic E-state index is 0. The Morgan fingerprint density at radius 2 is 1.54 bits per heavy atom. The van der Waals surface area contributed by atoms with E-state index >= 15 is 0 Å². The van der Waals surface area contributed by atoms with Gasteiger partial charge in [0.2, 0.25) is 0 Å². The van der Waals surface area contributed by atoms with Crippen molar-refractivity contribution in [3.05, 3.63) is 68.7 Å². The smallest absolute Gasteiger partial charge is 0.268 e. The third kappa shape index (κ3) is 8.27. The second-order valence-electron chi connectivity index (χ2n) is 6.52. The zero-order chi connectivity index (χ0) is 20.1. The van der Waals surface area contributed by atoms with E-state index < -0.39 is 10.8 Å². The summed E-state index contributed by atoms with van der Waals surface area (Å²) < 4.78 is 0.729. The summed E-state index contributed by atoms with van der Waals surface area (Å²) in [6.07, 6.45) is 0. The Morgan fingerprint density at radius 1 is 1.04 bits per heavy atom. The Kier molecular flexibility index (Phi) is 13.3. The summed E-state index contributed by atoms with van der Waals surface area (Å²) >= 11 is 14.5. The molecule has 0 aliphatic rings. The van der Waals surface area contributed by atoms with Gasteiger partial charge in [0, 0.05) is 15.6 Å². The Balaban J connectivity index is 0. The molecule has 0 spiro atoms. The molecule has 2 rings (SSSR count). The minimum atomic E-state index is -0.421. The summed E-state index contributed by atoms with van der Waals surface area (Å²) in [6, 6.07) is 12.1. The number of benzene rings is 2. The maximum absolute atomic E-state index is 12.2. The Bertz CT molecular complexity index is 797. The lowest BCUT2D eigenvalue weighted by molar-refractivity contribution is 0.0581. The van der Waals surface area contributed by atoms with E-state index in [1.165, 1.54) is 5.01 Å². The molecule has 4 nitrogen and oxygen atoms in total. The van der Waals surface area contributed by atoms with Gasteiger partial charge in [-0.05, 0) is 72.9 Å². The molecule has 1 amide bonds. The number of halogens is 5. The number of hydrazine groups is 1. The predicted molar refractivity (Wildman–Crippen MR) is 125 cm³/mol. The minimum Gasteiger partial charge on any atom is -0.276 e. The van der Waals surface area contributed by atoms with Gasteiger partial charge in [0.1, 0.15) is 0 Å². The van der Waals surface area contributed by atoms with Crippen LogP contribution < -0.4 is 5.84 Å². The van der Waals surface area contributed by atoms with Crippen molar-refractivity contribution in [2.24, 2.45) is 5.84 Å². The Hall–Kier alpha value is -0.820. The van der Waals surface area contributed by atoms with E-state index in [1.807, 2.05) is 33.8 Å². The van der Waals surface area contributed by atoms with Gasteiger partial charge in [0.15, 0.2) is 0 Å². The quantitative estimate of drug-likeness (QED) is 0.210. The van der Waals surface area contributed by atoms with Gasteiger partial charge in [0.05, 0.1) is 10.6 Å². The number of hydrogen-bond donors (Lipinski definition) is 1. The van der Waals surface area contributed by atoms with E-state index in [9.17, 15) is 9.59 Å². The van der Waals surface area contributed by atoms with Crippen molar-refractivity contribution in [1.29, 1.82) is 0 Å². The van der Waals surface area contributed by atoms with E-state index in [4.69, 9.17) is 29.0 Å². The van der Waals surface area contributed by atoms with Gasteiger partial charge < -0.3 is 0 Å². The monoisotopic (exact) mass is 530 g/mol. The summed E-state index contributed by atoms with van der Waals surface area (Å²) in [6.45, 7) is 7.47. The highest BCUT2D eigenvalue weighted by molar-refractivity contribution is 9.10. The summed E-state index contributed by atoms with van der Waals surface area (Å²) in [5.41, 5.74) is 1.47. The van der Waals surface area contributed by atoms with Crippen LogP contribution in [0.3, 0.4) is 0 Å². The first-order chi connectivity index (χ1) is 12.0. The van der Waals surface area contributed by atoms with Gasteiger partial charge in [-0.3, -0.25) is 14.6 Å². The zero-order valence-corrected chi connectivity index (χ0v) is 20.6. The van der Waals surface area contributed by atoms with Crippen LogP contribution in [0.25, 0.3) is 0 Å². The normalized spacial score (nSPS) is 9.86. The predicted octanol–water partition coefficient (Wildman–Crippen LogP) is 6.43. The average molecular weight is 533 g/mol. The number of carbonyl (C=O) groups excluding carboxylic acids is 2. The highest BCUT2D eigenvalue weighted by Gasteiger charge is 2.26. The molecule has 0 fully saturated rings. The highest BCUT2D eigenvalue weighted by atomic mass is 79.9. The molecule has 0 heterocycles. The summed E-state index contributed by atoms with van der Waals surface area (Å²) in [5.74, 6) is 5.60. The molecule has 0 unspecified atom stereocenters.